The number of carbonyl (C=O) groups excluding carboxylic acids is 1. The summed E-state index contributed by atoms with van der Waals surface area (Å²) in [6, 6.07) is 14.5. The van der Waals surface area contributed by atoms with Gasteiger partial charge >= 0.3 is 0 Å². The Kier molecular flexibility index (Phi) is 3.97. The predicted octanol–water partition coefficient (Wildman–Crippen LogP) is 2.71. The van der Waals surface area contributed by atoms with Crippen LogP contribution in [0.3, 0.4) is 0 Å². The van der Waals surface area contributed by atoms with Crippen molar-refractivity contribution in [2.75, 3.05) is 13.1 Å². The van der Waals surface area contributed by atoms with Crippen LogP contribution in [0.2, 0.25) is 0 Å². The molecule has 1 aliphatic rings. The highest BCUT2D eigenvalue weighted by Gasteiger charge is 2.14. The lowest BCUT2D eigenvalue weighted by atomic mass is 10.0. The summed E-state index contributed by atoms with van der Waals surface area (Å²) in [7, 11) is 0. The maximum absolute atomic E-state index is 12.3. The minimum atomic E-state index is 0.0276. The topological polar surface area (TPSA) is 41.1 Å². The summed E-state index contributed by atoms with van der Waals surface area (Å²) in [5.41, 5.74) is 0.766. The quantitative estimate of drug-likeness (QED) is 0.895. The molecule has 1 saturated heterocycles. The van der Waals surface area contributed by atoms with E-state index in [-0.39, 0.29) is 5.91 Å². The van der Waals surface area contributed by atoms with Crippen molar-refractivity contribution >= 4 is 16.7 Å². The molecule has 20 heavy (non-hydrogen) atoms. The molecule has 3 nitrogen and oxygen atoms in total. The van der Waals surface area contributed by atoms with E-state index < -0.39 is 0 Å². The van der Waals surface area contributed by atoms with Gasteiger partial charge in [-0.3, -0.25) is 4.79 Å². The average molecular weight is 268 g/mol. The van der Waals surface area contributed by atoms with Crippen molar-refractivity contribution < 1.29 is 4.79 Å². The van der Waals surface area contributed by atoms with Crippen LogP contribution in [0, 0.1) is 0 Å². The van der Waals surface area contributed by atoms with Crippen molar-refractivity contribution in [1.29, 1.82) is 0 Å². The molecule has 3 heteroatoms. The van der Waals surface area contributed by atoms with E-state index in [0.717, 1.165) is 35.8 Å². The number of nitrogens with one attached hydrogen (secondary N) is 2. The van der Waals surface area contributed by atoms with Crippen LogP contribution in [0.1, 0.15) is 29.6 Å². The first-order chi connectivity index (χ1) is 9.84. The second-order valence-electron chi connectivity index (χ2n) is 5.36. The van der Waals surface area contributed by atoms with Crippen molar-refractivity contribution in [3.8, 4) is 0 Å². The van der Waals surface area contributed by atoms with E-state index in [9.17, 15) is 4.79 Å². The standard InChI is InChI=1S/C17H20N2O/c20-17(19-12-10-14-7-4-11-18-14)16-9-3-6-13-5-1-2-8-15(13)16/h1-3,5-6,8-9,14,18H,4,7,10-12H2,(H,19,20)/t14-/m0/s1. The van der Waals surface area contributed by atoms with Crippen LogP contribution in [-0.2, 0) is 0 Å². The Bertz CT molecular complexity index is 597. The van der Waals surface area contributed by atoms with Crippen LogP contribution in [0.4, 0.5) is 0 Å². The molecule has 0 bridgehead atoms. The van der Waals surface area contributed by atoms with Gasteiger partial charge in [0.2, 0.25) is 0 Å². The van der Waals surface area contributed by atoms with Crippen molar-refractivity contribution in [2.24, 2.45) is 0 Å². The zero-order valence-corrected chi connectivity index (χ0v) is 11.6. The highest BCUT2D eigenvalue weighted by atomic mass is 16.1. The normalized spacial score (nSPS) is 18.3. The second-order valence-corrected chi connectivity index (χ2v) is 5.36. The Labute approximate surface area is 119 Å². The van der Waals surface area contributed by atoms with Crippen LogP contribution in [0.5, 0.6) is 0 Å². The van der Waals surface area contributed by atoms with Crippen molar-refractivity contribution in [3.05, 3.63) is 48.0 Å². The van der Waals surface area contributed by atoms with E-state index in [1.165, 1.54) is 12.8 Å². The van der Waals surface area contributed by atoms with Crippen molar-refractivity contribution in [2.45, 2.75) is 25.3 Å². The molecule has 2 N–H and O–H groups in total. The number of hydrogen-bond acceptors (Lipinski definition) is 2. The summed E-state index contributed by atoms with van der Waals surface area (Å²) in [6.07, 6.45) is 3.49. The molecule has 0 saturated carbocycles. The first kappa shape index (κ1) is 13.1. The fraction of sp³-hybridized carbons (Fsp3) is 0.353. The third-order valence-electron chi connectivity index (χ3n) is 3.97. The molecule has 0 unspecified atom stereocenters. The van der Waals surface area contributed by atoms with Gasteiger partial charge in [-0.1, -0.05) is 36.4 Å². The lowest BCUT2D eigenvalue weighted by molar-refractivity contribution is 0.0954. The summed E-state index contributed by atoms with van der Waals surface area (Å²) in [5.74, 6) is 0.0276. The number of hydrogen-bond donors (Lipinski definition) is 2. The van der Waals surface area contributed by atoms with Gasteiger partial charge < -0.3 is 10.6 Å². The fourth-order valence-electron chi connectivity index (χ4n) is 2.88. The molecular formula is C17H20N2O. The molecule has 0 aromatic heterocycles. The summed E-state index contributed by atoms with van der Waals surface area (Å²) in [5, 5.41) is 8.62. The zero-order chi connectivity index (χ0) is 13.8. The van der Waals surface area contributed by atoms with E-state index in [1.807, 2.05) is 42.5 Å². The van der Waals surface area contributed by atoms with Crippen LogP contribution < -0.4 is 10.6 Å². The number of carbonyl (C=O) groups is 1. The fourth-order valence-corrected chi connectivity index (χ4v) is 2.88. The molecule has 0 aliphatic carbocycles. The Morgan fingerprint density at radius 2 is 2.05 bits per heavy atom. The third-order valence-corrected chi connectivity index (χ3v) is 3.97. The first-order valence-corrected chi connectivity index (χ1v) is 7.34. The molecule has 1 aliphatic heterocycles. The van der Waals surface area contributed by atoms with E-state index in [0.29, 0.717) is 6.04 Å². The maximum atomic E-state index is 12.3. The second kappa shape index (κ2) is 6.06. The average Bonchev–Trinajstić information content (AvgIpc) is 3.00. The summed E-state index contributed by atoms with van der Waals surface area (Å²) in [4.78, 5) is 12.3. The lowest BCUT2D eigenvalue weighted by Gasteiger charge is -2.11. The highest BCUT2D eigenvalue weighted by molar-refractivity contribution is 6.06. The molecule has 2 aromatic rings. The SMILES string of the molecule is O=C(NCC[C@@H]1CCCN1)c1cccc2ccccc12. The molecular weight excluding hydrogens is 248 g/mol. The van der Waals surface area contributed by atoms with Gasteiger partial charge in [-0.25, -0.2) is 0 Å². The Morgan fingerprint density at radius 1 is 1.20 bits per heavy atom. The smallest absolute Gasteiger partial charge is 0.251 e. The van der Waals surface area contributed by atoms with E-state index >= 15 is 0 Å². The molecule has 1 amide bonds. The van der Waals surface area contributed by atoms with Gasteiger partial charge in [-0.15, -0.1) is 0 Å². The molecule has 0 spiro atoms. The summed E-state index contributed by atoms with van der Waals surface area (Å²) < 4.78 is 0. The van der Waals surface area contributed by atoms with E-state index in [1.54, 1.807) is 0 Å². The minimum Gasteiger partial charge on any atom is -0.352 e. The summed E-state index contributed by atoms with van der Waals surface area (Å²) in [6.45, 7) is 1.85. The number of fused-ring (bicyclic) bond motifs is 1. The van der Waals surface area contributed by atoms with Gasteiger partial charge in [0.05, 0.1) is 0 Å². The molecule has 3 rings (SSSR count). The van der Waals surface area contributed by atoms with Crippen LogP contribution >= 0.6 is 0 Å². The Hall–Kier alpha value is -1.87. The van der Waals surface area contributed by atoms with Gasteiger partial charge in [-0.2, -0.15) is 0 Å². The number of rotatable bonds is 4. The Balaban J connectivity index is 1.66. The van der Waals surface area contributed by atoms with Gasteiger partial charge in [0.15, 0.2) is 0 Å². The van der Waals surface area contributed by atoms with Gasteiger partial charge in [-0.05, 0) is 42.6 Å². The lowest BCUT2D eigenvalue weighted by Crippen LogP contribution is -2.30. The minimum absolute atomic E-state index is 0.0276. The predicted molar refractivity (Wildman–Crippen MR) is 81.9 cm³/mol. The molecule has 1 atom stereocenters. The molecule has 104 valence electrons. The molecule has 1 fully saturated rings. The Morgan fingerprint density at radius 3 is 2.90 bits per heavy atom. The van der Waals surface area contributed by atoms with Gasteiger partial charge in [0.1, 0.15) is 0 Å². The van der Waals surface area contributed by atoms with Gasteiger partial charge in [0.25, 0.3) is 5.91 Å². The van der Waals surface area contributed by atoms with Crippen molar-refractivity contribution in [3.63, 3.8) is 0 Å². The molecule has 1 heterocycles. The van der Waals surface area contributed by atoms with Crippen LogP contribution in [-0.4, -0.2) is 25.0 Å². The molecule has 0 radical (unpaired) electrons. The van der Waals surface area contributed by atoms with Gasteiger partial charge in [0, 0.05) is 18.2 Å². The highest BCUT2D eigenvalue weighted by Crippen LogP contribution is 2.18. The van der Waals surface area contributed by atoms with E-state index in [2.05, 4.69) is 10.6 Å². The monoisotopic (exact) mass is 268 g/mol. The zero-order valence-electron chi connectivity index (χ0n) is 11.6. The van der Waals surface area contributed by atoms with Crippen LogP contribution in [0.25, 0.3) is 10.8 Å². The van der Waals surface area contributed by atoms with Crippen LogP contribution in [0.15, 0.2) is 42.5 Å². The largest absolute Gasteiger partial charge is 0.352 e. The number of amides is 1. The summed E-state index contributed by atoms with van der Waals surface area (Å²) >= 11 is 0. The maximum Gasteiger partial charge on any atom is 0.251 e. The first-order valence-electron chi connectivity index (χ1n) is 7.34. The molecule has 2 aromatic carbocycles. The number of benzene rings is 2. The van der Waals surface area contributed by atoms with E-state index in [4.69, 9.17) is 0 Å². The van der Waals surface area contributed by atoms with Crippen molar-refractivity contribution in [1.82, 2.24) is 10.6 Å². The third kappa shape index (κ3) is 2.83.